The van der Waals surface area contributed by atoms with Crippen LogP contribution in [0.3, 0.4) is 0 Å². The van der Waals surface area contributed by atoms with Crippen LogP contribution in [0.4, 0.5) is 11.5 Å². The van der Waals surface area contributed by atoms with E-state index in [0.717, 1.165) is 28.8 Å². The third-order valence-electron chi connectivity index (χ3n) is 5.69. The molecule has 0 spiro atoms. The Morgan fingerprint density at radius 1 is 1.09 bits per heavy atom. The Balaban J connectivity index is 1.36. The van der Waals surface area contributed by atoms with Crippen molar-refractivity contribution in [1.82, 2.24) is 9.97 Å². The molecule has 2 aromatic carbocycles. The average molecular weight is 477 g/mol. The second-order valence-corrected chi connectivity index (χ2v) is 9.21. The Labute approximate surface area is 203 Å². The molecule has 0 atom stereocenters. The van der Waals surface area contributed by atoms with Gasteiger partial charge in [-0.25, -0.2) is 14.8 Å². The number of nitrogens with one attached hydrogen (secondary N) is 1. The minimum absolute atomic E-state index is 0.0333. The van der Waals surface area contributed by atoms with Gasteiger partial charge in [0.2, 0.25) is 5.91 Å². The first-order chi connectivity index (χ1) is 16.5. The van der Waals surface area contributed by atoms with Gasteiger partial charge in [-0.1, -0.05) is 35.5 Å². The maximum absolute atomic E-state index is 12.9. The van der Waals surface area contributed by atoms with Gasteiger partial charge >= 0.3 is 5.97 Å². The summed E-state index contributed by atoms with van der Waals surface area (Å²) in [4.78, 5) is 37.3. The number of hydrogen-bond donors (Lipinski definition) is 1. The first kappa shape index (κ1) is 23.8. The summed E-state index contributed by atoms with van der Waals surface area (Å²) in [7, 11) is 0. The van der Waals surface area contributed by atoms with E-state index in [9.17, 15) is 9.59 Å². The molecule has 0 unspecified atom stereocenters. The standard InChI is InChI=1S/C26H28N4O3S/c1-3-33-26(32)20-5-4-6-21(17-20)29-24(31)19-11-15-30(16-12-19)23-25(28-14-13-27-23)34-22-9-7-18(2)8-10-22/h4-10,13-14,17,19H,3,11-12,15-16H2,1-2H3,(H,29,31). The zero-order valence-electron chi connectivity index (χ0n) is 19.4. The van der Waals surface area contributed by atoms with Crippen molar-refractivity contribution in [1.29, 1.82) is 0 Å². The van der Waals surface area contributed by atoms with Crippen LogP contribution < -0.4 is 10.2 Å². The fourth-order valence-electron chi connectivity index (χ4n) is 3.86. The normalized spacial score (nSPS) is 14.0. The maximum atomic E-state index is 12.9. The predicted molar refractivity (Wildman–Crippen MR) is 133 cm³/mol. The Hall–Kier alpha value is -3.39. The monoisotopic (exact) mass is 476 g/mol. The molecule has 34 heavy (non-hydrogen) atoms. The van der Waals surface area contributed by atoms with E-state index in [1.165, 1.54) is 5.56 Å². The largest absolute Gasteiger partial charge is 0.462 e. The second kappa shape index (κ2) is 11.2. The van der Waals surface area contributed by atoms with Gasteiger partial charge in [0.05, 0.1) is 12.2 Å². The number of anilines is 2. The maximum Gasteiger partial charge on any atom is 0.338 e. The number of aryl methyl sites for hydroxylation is 1. The Bertz CT molecular complexity index is 1140. The van der Waals surface area contributed by atoms with Crippen molar-refractivity contribution >= 4 is 35.1 Å². The molecule has 1 amide bonds. The molecule has 0 radical (unpaired) electrons. The van der Waals surface area contributed by atoms with Crippen molar-refractivity contribution in [2.45, 2.75) is 36.6 Å². The Morgan fingerprint density at radius 2 is 1.82 bits per heavy atom. The molecule has 176 valence electrons. The summed E-state index contributed by atoms with van der Waals surface area (Å²) in [5.74, 6) is 0.325. The number of hydrogen-bond acceptors (Lipinski definition) is 7. The summed E-state index contributed by atoms with van der Waals surface area (Å²) in [5.41, 5.74) is 2.25. The van der Waals surface area contributed by atoms with Crippen molar-refractivity contribution in [2.75, 3.05) is 29.9 Å². The van der Waals surface area contributed by atoms with Crippen molar-refractivity contribution in [2.24, 2.45) is 5.92 Å². The lowest BCUT2D eigenvalue weighted by Gasteiger charge is -2.32. The molecular weight excluding hydrogens is 448 g/mol. The highest BCUT2D eigenvalue weighted by molar-refractivity contribution is 7.99. The smallest absolute Gasteiger partial charge is 0.338 e. The van der Waals surface area contributed by atoms with E-state index in [0.29, 0.717) is 30.7 Å². The fraction of sp³-hybridized carbons (Fsp3) is 0.308. The lowest BCUT2D eigenvalue weighted by molar-refractivity contribution is -0.120. The van der Waals surface area contributed by atoms with Crippen LogP contribution in [0.1, 0.15) is 35.7 Å². The van der Waals surface area contributed by atoms with E-state index >= 15 is 0 Å². The van der Waals surface area contributed by atoms with Crippen LogP contribution in [-0.4, -0.2) is 41.5 Å². The molecule has 0 aliphatic carbocycles. The molecule has 1 aliphatic heterocycles. The Morgan fingerprint density at radius 3 is 2.56 bits per heavy atom. The summed E-state index contributed by atoms with van der Waals surface area (Å²) in [6.07, 6.45) is 4.86. The third-order valence-corrected chi connectivity index (χ3v) is 6.68. The first-order valence-electron chi connectivity index (χ1n) is 11.4. The number of amides is 1. The molecule has 1 aromatic heterocycles. The van der Waals surface area contributed by atoms with Crippen molar-refractivity contribution < 1.29 is 14.3 Å². The zero-order valence-corrected chi connectivity index (χ0v) is 20.2. The molecule has 1 N–H and O–H groups in total. The third kappa shape index (κ3) is 5.94. The van der Waals surface area contributed by atoms with E-state index in [4.69, 9.17) is 4.74 Å². The number of rotatable bonds is 7. The molecule has 4 rings (SSSR count). The van der Waals surface area contributed by atoms with Crippen LogP contribution in [0.15, 0.2) is 70.8 Å². The summed E-state index contributed by atoms with van der Waals surface area (Å²) < 4.78 is 5.04. The van der Waals surface area contributed by atoms with Gasteiger partial charge in [0, 0.05) is 42.0 Å². The number of carbonyl (C=O) groups excluding carboxylic acids is 2. The summed E-state index contributed by atoms with van der Waals surface area (Å²) >= 11 is 1.60. The molecule has 0 saturated carbocycles. The second-order valence-electron chi connectivity index (χ2n) is 8.15. The zero-order chi connectivity index (χ0) is 23.9. The number of esters is 1. The average Bonchev–Trinajstić information content (AvgIpc) is 2.86. The summed E-state index contributed by atoms with van der Waals surface area (Å²) in [6, 6.07) is 15.2. The molecule has 8 heteroatoms. The van der Waals surface area contributed by atoms with Gasteiger partial charge in [0.1, 0.15) is 5.03 Å². The highest BCUT2D eigenvalue weighted by Crippen LogP contribution is 2.34. The quantitative estimate of drug-likeness (QED) is 0.482. The van der Waals surface area contributed by atoms with Crippen molar-refractivity contribution in [3.8, 4) is 0 Å². The Kier molecular flexibility index (Phi) is 7.80. The number of nitrogens with zero attached hydrogens (tertiary/aromatic N) is 3. The molecule has 7 nitrogen and oxygen atoms in total. The minimum Gasteiger partial charge on any atom is -0.462 e. The van der Waals surface area contributed by atoms with E-state index in [-0.39, 0.29) is 11.8 Å². The topological polar surface area (TPSA) is 84.4 Å². The molecule has 1 fully saturated rings. The molecule has 3 aromatic rings. The van der Waals surface area contributed by atoms with Crippen LogP contribution >= 0.6 is 11.8 Å². The molecule has 2 heterocycles. The lowest BCUT2D eigenvalue weighted by atomic mass is 9.96. The number of benzene rings is 2. The predicted octanol–water partition coefficient (Wildman–Crippen LogP) is 4.97. The van der Waals surface area contributed by atoms with E-state index < -0.39 is 5.97 Å². The van der Waals surface area contributed by atoms with Gasteiger partial charge in [0.15, 0.2) is 5.82 Å². The highest BCUT2D eigenvalue weighted by Gasteiger charge is 2.27. The summed E-state index contributed by atoms with van der Waals surface area (Å²) in [5, 5.41) is 3.82. The summed E-state index contributed by atoms with van der Waals surface area (Å²) in [6.45, 7) is 5.59. The fourth-order valence-corrected chi connectivity index (χ4v) is 4.74. The first-order valence-corrected chi connectivity index (χ1v) is 12.2. The van der Waals surface area contributed by atoms with Gasteiger partial charge in [-0.3, -0.25) is 4.79 Å². The van der Waals surface area contributed by atoms with Crippen LogP contribution in [-0.2, 0) is 9.53 Å². The minimum atomic E-state index is -0.393. The van der Waals surface area contributed by atoms with Gasteiger partial charge in [-0.05, 0) is 57.0 Å². The van der Waals surface area contributed by atoms with Gasteiger partial charge < -0.3 is 15.0 Å². The van der Waals surface area contributed by atoms with E-state index in [1.54, 1.807) is 55.3 Å². The van der Waals surface area contributed by atoms with Crippen LogP contribution in [0, 0.1) is 12.8 Å². The van der Waals surface area contributed by atoms with Crippen LogP contribution in [0.2, 0.25) is 0 Å². The number of aromatic nitrogens is 2. The van der Waals surface area contributed by atoms with Crippen LogP contribution in [0.5, 0.6) is 0 Å². The van der Waals surface area contributed by atoms with Crippen molar-refractivity contribution in [3.63, 3.8) is 0 Å². The van der Waals surface area contributed by atoms with Gasteiger partial charge in [-0.15, -0.1) is 0 Å². The lowest BCUT2D eigenvalue weighted by Crippen LogP contribution is -2.39. The van der Waals surface area contributed by atoms with Crippen molar-refractivity contribution in [3.05, 3.63) is 72.1 Å². The molecule has 1 saturated heterocycles. The van der Waals surface area contributed by atoms with Gasteiger partial charge in [-0.2, -0.15) is 0 Å². The number of piperidine rings is 1. The SMILES string of the molecule is CCOC(=O)c1cccc(NC(=O)C2CCN(c3nccnc3Sc3ccc(C)cc3)CC2)c1. The molecule has 1 aliphatic rings. The van der Waals surface area contributed by atoms with E-state index in [2.05, 4.69) is 51.4 Å². The van der Waals surface area contributed by atoms with Crippen LogP contribution in [0.25, 0.3) is 0 Å². The molecule has 0 bridgehead atoms. The van der Waals surface area contributed by atoms with E-state index in [1.807, 2.05) is 0 Å². The highest BCUT2D eigenvalue weighted by atomic mass is 32.2. The number of carbonyl (C=O) groups is 2. The molecular formula is C26H28N4O3S. The van der Waals surface area contributed by atoms with Gasteiger partial charge in [0.25, 0.3) is 0 Å². The number of ether oxygens (including phenoxy) is 1.